The number of oxazole rings is 1. The van der Waals surface area contributed by atoms with Gasteiger partial charge in [-0.25, -0.2) is 4.98 Å². The fourth-order valence-electron chi connectivity index (χ4n) is 1.74. The van der Waals surface area contributed by atoms with Crippen LogP contribution in [-0.4, -0.2) is 25.2 Å². The molecule has 0 saturated carbocycles. The number of alkyl halides is 3. The predicted molar refractivity (Wildman–Crippen MR) is 70.5 cm³/mol. The summed E-state index contributed by atoms with van der Waals surface area (Å²) in [6.45, 7) is 1.69. The highest BCUT2D eigenvalue weighted by molar-refractivity contribution is 5.54. The maximum Gasteiger partial charge on any atom is 0.416 e. The molecule has 2 aromatic rings. The summed E-state index contributed by atoms with van der Waals surface area (Å²) < 4.78 is 48.1. The van der Waals surface area contributed by atoms with Crippen molar-refractivity contribution in [3.63, 3.8) is 0 Å². The van der Waals surface area contributed by atoms with Crippen molar-refractivity contribution >= 4 is 0 Å². The third-order valence-corrected chi connectivity index (χ3v) is 2.78. The molecule has 0 aliphatic heterocycles. The molecular weight excluding hydrogens is 285 g/mol. The number of rotatable bonds is 6. The lowest BCUT2D eigenvalue weighted by Crippen LogP contribution is -2.18. The van der Waals surface area contributed by atoms with Crippen LogP contribution in [-0.2, 0) is 17.5 Å². The van der Waals surface area contributed by atoms with Crippen LogP contribution in [0.1, 0.15) is 11.3 Å². The third kappa shape index (κ3) is 4.30. The van der Waals surface area contributed by atoms with Crippen molar-refractivity contribution < 1.29 is 22.3 Å². The molecule has 0 spiro atoms. The Morgan fingerprint density at radius 2 is 2.14 bits per heavy atom. The van der Waals surface area contributed by atoms with E-state index in [4.69, 9.17) is 9.15 Å². The number of nitrogens with one attached hydrogen (secondary N) is 1. The molecule has 0 aliphatic rings. The van der Waals surface area contributed by atoms with E-state index in [2.05, 4.69) is 10.3 Å². The van der Waals surface area contributed by atoms with Crippen LogP contribution in [0.4, 0.5) is 13.2 Å². The first kappa shape index (κ1) is 15.5. The highest BCUT2D eigenvalue weighted by atomic mass is 19.4. The first-order valence-electron chi connectivity index (χ1n) is 6.32. The summed E-state index contributed by atoms with van der Waals surface area (Å²) in [5.41, 5.74) is 0.199. The minimum absolute atomic E-state index is 0.171. The van der Waals surface area contributed by atoms with Gasteiger partial charge < -0.3 is 14.5 Å². The van der Waals surface area contributed by atoms with Gasteiger partial charge in [0.05, 0.1) is 17.9 Å². The second kappa shape index (κ2) is 6.73. The van der Waals surface area contributed by atoms with E-state index in [-0.39, 0.29) is 5.89 Å². The van der Waals surface area contributed by atoms with Gasteiger partial charge in [0.25, 0.3) is 0 Å². The van der Waals surface area contributed by atoms with Crippen LogP contribution in [0.15, 0.2) is 34.9 Å². The van der Waals surface area contributed by atoms with Crippen molar-refractivity contribution in [1.29, 1.82) is 0 Å². The molecule has 114 valence electrons. The highest BCUT2D eigenvalue weighted by Gasteiger charge is 2.30. The van der Waals surface area contributed by atoms with Crippen LogP contribution in [0, 0.1) is 0 Å². The van der Waals surface area contributed by atoms with Gasteiger partial charge in [0.2, 0.25) is 5.89 Å². The van der Waals surface area contributed by atoms with E-state index in [9.17, 15) is 13.2 Å². The Morgan fingerprint density at radius 1 is 1.33 bits per heavy atom. The highest BCUT2D eigenvalue weighted by Crippen LogP contribution is 2.31. The molecule has 0 radical (unpaired) electrons. The van der Waals surface area contributed by atoms with Crippen LogP contribution in [0.25, 0.3) is 11.5 Å². The topological polar surface area (TPSA) is 47.3 Å². The van der Waals surface area contributed by atoms with Crippen LogP contribution in [0.3, 0.4) is 0 Å². The number of ether oxygens (including phenoxy) is 1. The summed E-state index contributed by atoms with van der Waals surface area (Å²) in [7, 11) is 1.60. The lowest BCUT2D eigenvalue weighted by Gasteiger charge is -2.06. The number of hydrogen-bond acceptors (Lipinski definition) is 4. The molecule has 4 nitrogen and oxygen atoms in total. The molecule has 1 aromatic heterocycles. The minimum atomic E-state index is -4.38. The largest absolute Gasteiger partial charge is 0.444 e. The van der Waals surface area contributed by atoms with Gasteiger partial charge in [-0.3, -0.25) is 0 Å². The second-order valence-corrected chi connectivity index (χ2v) is 4.39. The fraction of sp³-hybridized carbons (Fsp3) is 0.357. The molecule has 0 amide bonds. The van der Waals surface area contributed by atoms with E-state index in [1.54, 1.807) is 7.11 Å². The van der Waals surface area contributed by atoms with Gasteiger partial charge in [0.1, 0.15) is 6.26 Å². The van der Waals surface area contributed by atoms with Crippen molar-refractivity contribution in [3.8, 4) is 11.5 Å². The first-order valence-corrected chi connectivity index (χ1v) is 6.32. The van der Waals surface area contributed by atoms with Gasteiger partial charge in [0, 0.05) is 25.8 Å². The molecule has 0 bridgehead atoms. The number of benzene rings is 1. The Kier molecular flexibility index (Phi) is 4.98. The number of nitrogens with zero attached hydrogens (tertiary/aromatic N) is 1. The van der Waals surface area contributed by atoms with E-state index in [0.717, 1.165) is 12.1 Å². The molecule has 1 N–H and O–H groups in total. The fourth-order valence-corrected chi connectivity index (χ4v) is 1.74. The lowest BCUT2D eigenvalue weighted by atomic mass is 10.1. The van der Waals surface area contributed by atoms with Crippen molar-refractivity contribution in [2.75, 3.05) is 20.3 Å². The van der Waals surface area contributed by atoms with Crippen molar-refractivity contribution in [2.24, 2.45) is 0 Å². The summed E-state index contributed by atoms with van der Waals surface area (Å²) in [6.07, 6.45) is -2.96. The molecular formula is C14H15F3N2O2. The summed E-state index contributed by atoms with van der Waals surface area (Å²) in [6, 6.07) is 4.90. The van der Waals surface area contributed by atoms with E-state index in [1.165, 1.54) is 18.4 Å². The monoisotopic (exact) mass is 300 g/mol. The van der Waals surface area contributed by atoms with Gasteiger partial charge in [-0.05, 0) is 18.2 Å². The Balaban J connectivity index is 2.07. The smallest absolute Gasteiger partial charge is 0.416 e. The lowest BCUT2D eigenvalue weighted by molar-refractivity contribution is -0.137. The van der Waals surface area contributed by atoms with E-state index in [1.807, 2.05) is 0 Å². The summed E-state index contributed by atoms with van der Waals surface area (Å²) >= 11 is 0. The number of halogens is 3. The van der Waals surface area contributed by atoms with Crippen LogP contribution >= 0.6 is 0 Å². The Morgan fingerprint density at radius 3 is 2.86 bits per heavy atom. The van der Waals surface area contributed by atoms with E-state index in [0.29, 0.717) is 31.0 Å². The zero-order valence-corrected chi connectivity index (χ0v) is 11.4. The number of aromatic nitrogens is 1. The third-order valence-electron chi connectivity index (χ3n) is 2.78. The van der Waals surface area contributed by atoms with Crippen LogP contribution in [0.5, 0.6) is 0 Å². The number of methoxy groups -OCH3 is 1. The quantitative estimate of drug-likeness (QED) is 0.833. The summed E-state index contributed by atoms with van der Waals surface area (Å²) in [5, 5.41) is 3.08. The van der Waals surface area contributed by atoms with Gasteiger partial charge in [-0.1, -0.05) is 6.07 Å². The standard InChI is InChI=1S/C14H15F3N2O2/c1-20-6-5-18-8-12-9-21-13(19-12)10-3-2-4-11(7-10)14(15,16)17/h2-4,7,9,18H,5-6,8H2,1H3. The molecule has 21 heavy (non-hydrogen) atoms. The molecule has 0 unspecified atom stereocenters. The normalized spacial score (nSPS) is 11.8. The van der Waals surface area contributed by atoms with Gasteiger partial charge >= 0.3 is 6.18 Å². The van der Waals surface area contributed by atoms with Crippen molar-refractivity contribution in [3.05, 3.63) is 41.8 Å². The van der Waals surface area contributed by atoms with Crippen LogP contribution in [0.2, 0.25) is 0 Å². The first-order chi connectivity index (χ1) is 10.0. The summed E-state index contributed by atoms with van der Waals surface area (Å²) in [4.78, 5) is 4.16. The van der Waals surface area contributed by atoms with E-state index >= 15 is 0 Å². The molecule has 2 rings (SSSR count). The minimum Gasteiger partial charge on any atom is -0.444 e. The Hall–Kier alpha value is -1.86. The van der Waals surface area contributed by atoms with E-state index < -0.39 is 11.7 Å². The zero-order valence-electron chi connectivity index (χ0n) is 11.4. The van der Waals surface area contributed by atoms with Crippen molar-refractivity contribution in [2.45, 2.75) is 12.7 Å². The average Bonchev–Trinajstić information content (AvgIpc) is 2.92. The molecule has 1 heterocycles. The SMILES string of the molecule is COCCNCc1coc(-c2cccc(C(F)(F)F)c2)n1. The molecule has 0 aliphatic carbocycles. The van der Waals surface area contributed by atoms with Gasteiger partial charge in [0.15, 0.2) is 0 Å². The zero-order chi connectivity index (χ0) is 15.3. The maximum absolute atomic E-state index is 12.7. The average molecular weight is 300 g/mol. The Bertz CT molecular complexity index is 582. The Labute approximate surface area is 119 Å². The summed E-state index contributed by atoms with van der Waals surface area (Å²) in [5.74, 6) is 0.171. The van der Waals surface area contributed by atoms with Gasteiger partial charge in [-0.15, -0.1) is 0 Å². The molecule has 0 saturated heterocycles. The maximum atomic E-state index is 12.7. The second-order valence-electron chi connectivity index (χ2n) is 4.39. The van der Waals surface area contributed by atoms with Crippen LogP contribution < -0.4 is 5.32 Å². The molecule has 0 atom stereocenters. The number of hydrogen-bond donors (Lipinski definition) is 1. The molecule has 0 fully saturated rings. The van der Waals surface area contributed by atoms with Gasteiger partial charge in [-0.2, -0.15) is 13.2 Å². The molecule has 7 heteroatoms. The molecule has 1 aromatic carbocycles. The predicted octanol–water partition coefficient (Wildman–Crippen LogP) is 3.10. The van der Waals surface area contributed by atoms with Crippen molar-refractivity contribution in [1.82, 2.24) is 10.3 Å².